The van der Waals surface area contributed by atoms with Crippen LogP contribution in [0.4, 0.5) is 4.39 Å². The number of hydrogen-bond acceptors (Lipinski definition) is 3. The Morgan fingerprint density at radius 1 is 1.30 bits per heavy atom. The van der Waals surface area contributed by atoms with Gasteiger partial charge in [0, 0.05) is 24.5 Å². The minimum atomic E-state index is -3.39. The molecule has 4 nitrogen and oxygen atoms in total. The van der Waals surface area contributed by atoms with Gasteiger partial charge in [0.1, 0.15) is 5.82 Å². The van der Waals surface area contributed by atoms with Crippen LogP contribution in [0.15, 0.2) is 29.2 Å². The molecule has 0 aliphatic carbocycles. The largest absolute Gasteiger partial charge is 0.279 e. The lowest BCUT2D eigenvalue weighted by atomic mass is 10.4. The van der Waals surface area contributed by atoms with Gasteiger partial charge in [0.2, 0.25) is 0 Å². The lowest BCUT2D eigenvalue weighted by molar-refractivity contribution is 0.402. The molecule has 0 spiro atoms. The lowest BCUT2D eigenvalue weighted by Gasteiger charge is -2.21. The quantitative estimate of drug-likeness (QED) is 0.591. The zero-order valence-corrected chi connectivity index (χ0v) is 13.6. The SMILES string of the molecule is CC(C)N(C)S(=O)(=O)NCCCSc1ccc(F)cc1. The third kappa shape index (κ3) is 5.78. The molecule has 0 bridgehead atoms. The zero-order valence-electron chi connectivity index (χ0n) is 12.0. The molecule has 0 aliphatic heterocycles. The monoisotopic (exact) mass is 320 g/mol. The normalized spacial score (nSPS) is 12.3. The Kier molecular flexibility index (Phi) is 6.94. The third-order valence-electron chi connectivity index (χ3n) is 2.79. The maximum atomic E-state index is 12.7. The molecule has 0 aromatic heterocycles. The summed E-state index contributed by atoms with van der Waals surface area (Å²) >= 11 is 1.58. The van der Waals surface area contributed by atoms with Gasteiger partial charge in [-0.15, -0.1) is 11.8 Å². The first-order chi connectivity index (χ1) is 9.33. The van der Waals surface area contributed by atoms with E-state index in [-0.39, 0.29) is 11.9 Å². The average Bonchev–Trinajstić information content (AvgIpc) is 2.39. The van der Waals surface area contributed by atoms with Crippen LogP contribution in [0, 0.1) is 5.82 Å². The molecule has 20 heavy (non-hydrogen) atoms. The maximum absolute atomic E-state index is 12.7. The van der Waals surface area contributed by atoms with Crippen molar-refractivity contribution < 1.29 is 12.8 Å². The molecule has 0 heterocycles. The van der Waals surface area contributed by atoms with Gasteiger partial charge in [0.05, 0.1) is 0 Å². The van der Waals surface area contributed by atoms with Crippen LogP contribution >= 0.6 is 11.8 Å². The molecule has 0 amide bonds. The average molecular weight is 320 g/mol. The summed E-state index contributed by atoms with van der Waals surface area (Å²) in [6.45, 7) is 4.04. The van der Waals surface area contributed by atoms with Crippen molar-refractivity contribution in [2.75, 3.05) is 19.3 Å². The highest BCUT2D eigenvalue weighted by atomic mass is 32.2. The molecular formula is C13H21FN2O2S2. The second-order valence-corrected chi connectivity index (χ2v) is 7.65. The summed E-state index contributed by atoms with van der Waals surface area (Å²) in [5.41, 5.74) is 0. The maximum Gasteiger partial charge on any atom is 0.279 e. The van der Waals surface area contributed by atoms with Crippen LogP contribution in [-0.2, 0) is 10.2 Å². The number of nitrogens with one attached hydrogen (secondary N) is 1. The van der Waals surface area contributed by atoms with Crippen LogP contribution in [0.2, 0.25) is 0 Å². The second kappa shape index (κ2) is 7.97. The summed E-state index contributed by atoms with van der Waals surface area (Å²) in [6.07, 6.45) is 0.715. The van der Waals surface area contributed by atoms with E-state index in [0.717, 1.165) is 10.6 Å². The van der Waals surface area contributed by atoms with Crippen molar-refractivity contribution in [3.63, 3.8) is 0 Å². The zero-order chi connectivity index (χ0) is 15.2. The fourth-order valence-electron chi connectivity index (χ4n) is 1.37. The Morgan fingerprint density at radius 2 is 1.90 bits per heavy atom. The molecule has 0 fully saturated rings. The van der Waals surface area contributed by atoms with Crippen LogP contribution in [0.5, 0.6) is 0 Å². The Balaban J connectivity index is 2.27. The Labute approximate surface area is 124 Å². The van der Waals surface area contributed by atoms with E-state index in [1.165, 1.54) is 16.4 Å². The highest BCUT2D eigenvalue weighted by molar-refractivity contribution is 7.99. The third-order valence-corrected chi connectivity index (χ3v) is 5.64. The van der Waals surface area contributed by atoms with E-state index in [9.17, 15) is 12.8 Å². The number of hydrogen-bond donors (Lipinski definition) is 1. The molecule has 114 valence electrons. The van der Waals surface area contributed by atoms with Crippen molar-refractivity contribution in [3.05, 3.63) is 30.1 Å². The van der Waals surface area contributed by atoms with Crippen molar-refractivity contribution >= 4 is 22.0 Å². The van der Waals surface area contributed by atoms with E-state index in [4.69, 9.17) is 0 Å². The Hall–Kier alpha value is -0.630. The summed E-state index contributed by atoms with van der Waals surface area (Å²) in [4.78, 5) is 0.980. The fourth-order valence-corrected chi connectivity index (χ4v) is 3.39. The first kappa shape index (κ1) is 17.4. The van der Waals surface area contributed by atoms with Crippen LogP contribution in [0.25, 0.3) is 0 Å². The van der Waals surface area contributed by atoms with Gasteiger partial charge in [-0.25, -0.2) is 9.11 Å². The van der Waals surface area contributed by atoms with Gasteiger partial charge >= 0.3 is 0 Å². The van der Waals surface area contributed by atoms with Crippen molar-refractivity contribution in [2.24, 2.45) is 0 Å². The molecule has 0 saturated carbocycles. The molecular weight excluding hydrogens is 299 g/mol. The van der Waals surface area contributed by atoms with E-state index < -0.39 is 10.2 Å². The van der Waals surface area contributed by atoms with E-state index in [1.54, 1.807) is 30.9 Å². The number of thioether (sulfide) groups is 1. The fraction of sp³-hybridized carbons (Fsp3) is 0.538. The van der Waals surface area contributed by atoms with Crippen molar-refractivity contribution in [1.82, 2.24) is 9.03 Å². The molecule has 0 radical (unpaired) electrons. The van der Waals surface area contributed by atoms with E-state index >= 15 is 0 Å². The van der Waals surface area contributed by atoms with Gasteiger partial charge in [-0.3, -0.25) is 0 Å². The summed E-state index contributed by atoms with van der Waals surface area (Å²) in [5.74, 6) is 0.526. The first-order valence-corrected chi connectivity index (χ1v) is 8.86. The molecule has 0 aliphatic rings. The molecule has 1 aromatic rings. The summed E-state index contributed by atoms with van der Waals surface area (Å²) in [7, 11) is -1.83. The van der Waals surface area contributed by atoms with Gasteiger partial charge in [-0.1, -0.05) is 0 Å². The van der Waals surface area contributed by atoms with Crippen LogP contribution in [0.1, 0.15) is 20.3 Å². The molecule has 1 N–H and O–H groups in total. The van der Waals surface area contributed by atoms with Gasteiger partial charge in [-0.2, -0.15) is 12.7 Å². The van der Waals surface area contributed by atoms with Crippen LogP contribution in [0.3, 0.4) is 0 Å². The molecule has 1 aromatic carbocycles. The minimum Gasteiger partial charge on any atom is -0.207 e. The highest BCUT2D eigenvalue weighted by Crippen LogP contribution is 2.18. The number of benzene rings is 1. The summed E-state index contributed by atoms with van der Waals surface area (Å²) in [5, 5.41) is 0. The molecule has 1 rings (SSSR count). The Bertz CT molecular complexity index is 504. The summed E-state index contributed by atoms with van der Waals surface area (Å²) in [6, 6.07) is 6.21. The predicted octanol–water partition coefficient (Wildman–Crippen LogP) is 2.48. The highest BCUT2D eigenvalue weighted by Gasteiger charge is 2.19. The summed E-state index contributed by atoms with van der Waals surface area (Å²) < 4.78 is 40.2. The molecule has 0 saturated heterocycles. The minimum absolute atomic E-state index is 0.0684. The van der Waals surface area contributed by atoms with Gasteiger partial charge in [0.15, 0.2) is 0 Å². The first-order valence-electron chi connectivity index (χ1n) is 6.44. The van der Waals surface area contributed by atoms with Crippen molar-refractivity contribution in [3.8, 4) is 0 Å². The molecule has 7 heteroatoms. The van der Waals surface area contributed by atoms with E-state index in [2.05, 4.69) is 4.72 Å². The number of nitrogens with zero attached hydrogens (tertiary/aromatic N) is 1. The van der Waals surface area contributed by atoms with E-state index in [1.807, 2.05) is 13.8 Å². The van der Waals surface area contributed by atoms with Crippen LogP contribution < -0.4 is 4.72 Å². The second-order valence-electron chi connectivity index (χ2n) is 4.67. The number of halogens is 1. The lowest BCUT2D eigenvalue weighted by Crippen LogP contribution is -2.42. The van der Waals surface area contributed by atoms with Gasteiger partial charge < -0.3 is 0 Å². The Morgan fingerprint density at radius 3 is 2.45 bits per heavy atom. The standard InChI is InChI=1S/C13H21FN2O2S2/c1-11(2)16(3)20(17,18)15-9-4-10-19-13-7-5-12(14)6-8-13/h5-8,11,15H,4,9-10H2,1-3H3. The smallest absolute Gasteiger partial charge is 0.207 e. The topological polar surface area (TPSA) is 49.4 Å². The van der Waals surface area contributed by atoms with Gasteiger partial charge in [-0.05, 0) is 50.3 Å². The van der Waals surface area contributed by atoms with E-state index in [0.29, 0.717) is 13.0 Å². The van der Waals surface area contributed by atoms with Crippen molar-refractivity contribution in [1.29, 1.82) is 0 Å². The van der Waals surface area contributed by atoms with Crippen molar-refractivity contribution in [2.45, 2.75) is 31.2 Å². The van der Waals surface area contributed by atoms with Gasteiger partial charge in [0.25, 0.3) is 10.2 Å². The number of rotatable bonds is 8. The van der Waals surface area contributed by atoms with Crippen LogP contribution in [-0.4, -0.2) is 38.1 Å². The molecule has 0 unspecified atom stereocenters. The molecule has 0 atom stereocenters. The predicted molar refractivity (Wildman–Crippen MR) is 81.6 cm³/mol.